The third-order valence-corrected chi connectivity index (χ3v) is 3.82. The summed E-state index contributed by atoms with van der Waals surface area (Å²) in [7, 11) is 0. The standard InChI is InChI=1S/C16H17Cl2NO/c1-4-12-8-13(5-6-15(12)18)20-16-14(9-17)10(2)7-11(3)19-16/h5-8H,4,9H2,1-3H3. The van der Waals surface area contributed by atoms with E-state index in [1.807, 2.05) is 38.1 Å². The van der Waals surface area contributed by atoms with Gasteiger partial charge in [-0.2, -0.15) is 0 Å². The van der Waals surface area contributed by atoms with Crippen LogP contribution in [0.4, 0.5) is 0 Å². The lowest BCUT2D eigenvalue weighted by Gasteiger charge is -2.13. The molecule has 0 aliphatic carbocycles. The molecular weight excluding hydrogens is 293 g/mol. The van der Waals surface area contributed by atoms with E-state index in [9.17, 15) is 0 Å². The van der Waals surface area contributed by atoms with Gasteiger partial charge in [-0.05, 0) is 55.7 Å². The number of ether oxygens (including phenoxy) is 1. The van der Waals surface area contributed by atoms with Crippen molar-refractivity contribution in [2.24, 2.45) is 0 Å². The molecule has 106 valence electrons. The van der Waals surface area contributed by atoms with E-state index in [0.29, 0.717) is 11.8 Å². The highest BCUT2D eigenvalue weighted by atomic mass is 35.5. The summed E-state index contributed by atoms with van der Waals surface area (Å²) in [5.41, 5.74) is 3.98. The van der Waals surface area contributed by atoms with Crippen LogP contribution in [-0.4, -0.2) is 4.98 Å². The summed E-state index contributed by atoms with van der Waals surface area (Å²) in [5.74, 6) is 1.68. The van der Waals surface area contributed by atoms with Gasteiger partial charge in [-0.1, -0.05) is 18.5 Å². The minimum atomic E-state index is 0.378. The van der Waals surface area contributed by atoms with Crippen molar-refractivity contribution < 1.29 is 4.74 Å². The number of alkyl halides is 1. The molecule has 4 heteroatoms. The van der Waals surface area contributed by atoms with E-state index in [-0.39, 0.29) is 0 Å². The summed E-state index contributed by atoms with van der Waals surface area (Å²) in [6.45, 7) is 6.01. The van der Waals surface area contributed by atoms with Crippen LogP contribution in [0.1, 0.15) is 29.3 Å². The minimum Gasteiger partial charge on any atom is -0.439 e. The monoisotopic (exact) mass is 309 g/mol. The van der Waals surface area contributed by atoms with Crippen LogP contribution >= 0.6 is 23.2 Å². The summed E-state index contributed by atoms with van der Waals surface area (Å²) in [6, 6.07) is 7.64. The van der Waals surface area contributed by atoms with Crippen LogP contribution in [0.5, 0.6) is 11.6 Å². The van der Waals surface area contributed by atoms with Crippen LogP contribution in [0.3, 0.4) is 0 Å². The van der Waals surface area contributed by atoms with Gasteiger partial charge in [-0.15, -0.1) is 11.6 Å². The average molecular weight is 310 g/mol. The molecule has 20 heavy (non-hydrogen) atoms. The van der Waals surface area contributed by atoms with Crippen LogP contribution in [0, 0.1) is 13.8 Å². The Labute approximate surface area is 129 Å². The number of aryl methyl sites for hydroxylation is 3. The lowest BCUT2D eigenvalue weighted by atomic mass is 10.1. The number of nitrogens with zero attached hydrogens (tertiary/aromatic N) is 1. The Kier molecular flexibility index (Phi) is 4.90. The molecule has 1 aromatic heterocycles. The highest BCUT2D eigenvalue weighted by Crippen LogP contribution is 2.30. The van der Waals surface area contributed by atoms with Crippen molar-refractivity contribution in [3.8, 4) is 11.6 Å². The fraction of sp³-hybridized carbons (Fsp3) is 0.312. The van der Waals surface area contributed by atoms with Crippen LogP contribution in [-0.2, 0) is 12.3 Å². The quantitative estimate of drug-likeness (QED) is 0.701. The number of halogens is 2. The van der Waals surface area contributed by atoms with Crippen LogP contribution in [0.15, 0.2) is 24.3 Å². The fourth-order valence-corrected chi connectivity index (χ4v) is 2.65. The van der Waals surface area contributed by atoms with E-state index < -0.39 is 0 Å². The molecule has 2 aromatic rings. The number of aromatic nitrogens is 1. The zero-order chi connectivity index (χ0) is 14.7. The molecule has 0 saturated carbocycles. The van der Waals surface area contributed by atoms with Gasteiger partial charge in [-0.25, -0.2) is 4.98 Å². The Balaban J connectivity index is 2.39. The molecule has 0 amide bonds. The van der Waals surface area contributed by atoms with E-state index in [1.54, 1.807) is 0 Å². The van der Waals surface area contributed by atoms with Crippen LogP contribution in [0.25, 0.3) is 0 Å². The van der Waals surface area contributed by atoms with Gasteiger partial charge in [0.05, 0.1) is 5.88 Å². The largest absolute Gasteiger partial charge is 0.439 e. The molecule has 0 saturated heterocycles. The maximum Gasteiger partial charge on any atom is 0.224 e. The van der Waals surface area contributed by atoms with Crippen LogP contribution in [0.2, 0.25) is 5.02 Å². The second-order valence-corrected chi connectivity index (χ2v) is 5.38. The van der Waals surface area contributed by atoms with Crippen LogP contribution < -0.4 is 4.74 Å². The molecule has 1 heterocycles. The van der Waals surface area contributed by atoms with Crippen molar-refractivity contribution in [3.05, 3.63) is 51.7 Å². The maximum atomic E-state index is 6.12. The highest BCUT2D eigenvalue weighted by molar-refractivity contribution is 6.31. The number of hydrogen-bond acceptors (Lipinski definition) is 2. The Morgan fingerprint density at radius 2 is 1.95 bits per heavy atom. The molecule has 0 fully saturated rings. The number of rotatable bonds is 4. The summed E-state index contributed by atoms with van der Waals surface area (Å²) in [5, 5.41) is 0.755. The zero-order valence-corrected chi connectivity index (χ0v) is 13.3. The number of hydrogen-bond donors (Lipinski definition) is 0. The lowest BCUT2D eigenvalue weighted by molar-refractivity contribution is 0.456. The van der Waals surface area contributed by atoms with Gasteiger partial charge in [0.15, 0.2) is 0 Å². The van der Waals surface area contributed by atoms with Crippen molar-refractivity contribution >= 4 is 23.2 Å². The van der Waals surface area contributed by atoms with Gasteiger partial charge >= 0.3 is 0 Å². The van der Waals surface area contributed by atoms with Crippen molar-refractivity contribution in [1.29, 1.82) is 0 Å². The summed E-state index contributed by atoms with van der Waals surface area (Å²) in [6.07, 6.45) is 0.860. The first-order valence-corrected chi connectivity index (χ1v) is 7.45. The number of pyridine rings is 1. The van der Waals surface area contributed by atoms with Gasteiger partial charge in [0.2, 0.25) is 5.88 Å². The minimum absolute atomic E-state index is 0.378. The summed E-state index contributed by atoms with van der Waals surface area (Å²) >= 11 is 12.1. The zero-order valence-electron chi connectivity index (χ0n) is 11.8. The molecule has 2 nitrogen and oxygen atoms in total. The van der Waals surface area contributed by atoms with E-state index in [0.717, 1.165) is 39.6 Å². The first-order valence-electron chi connectivity index (χ1n) is 6.54. The third kappa shape index (κ3) is 3.25. The van der Waals surface area contributed by atoms with Gasteiger partial charge in [0.25, 0.3) is 0 Å². The smallest absolute Gasteiger partial charge is 0.224 e. The predicted molar refractivity (Wildman–Crippen MR) is 84.2 cm³/mol. The summed E-state index contributed by atoms with van der Waals surface area (Å²) in [4.78, 5) is 4.44. The normalized spacial score (nSPS) is 10.7. The molecule has 0 bridgehead atoms. The molecule has 0 radical (unpaired) electrons. The van der Waals surface area contributed by atoms with Gasteiger partial charge < -0.3 is 4.74 Å². The Morgan fingerprint density at radius 3 is 2.60 bits per heavy atom. The topological polar surface area (TPSA) is 22.1 Å². The molecule has 0 N–H and O–H groups in total. The SMILES string of the molecule is CCc1cc(Oc2nc(C)cc(C)c2CCl)ccc1Cl. The molecule has 2 rings (SSSR count). The van der Waals surface area contributed by atoms with E-state index in [1.165, 1.54) is 0 Å². The van der Waals surface area contributed by atoms with Crippen molar-refractivity contribution in [1.82, 2.24) is 4.98 Å². The second-order valence-electron chi connectivity index (χ2n) is 4.71. The van der Waals surface area contributed by atoms with Crippen molar-refractivity contribution in [2.45, 2.75) is 33.1 Å². The molecule has 0 aliphatic heterocycles. The van der Waals surface area contributed by atoms with Gasteiger partial charge in [0, 0.05) is 16.3 Å². The fourth-order valence-electron chi connectivity index (χ4n) is 2.07. The number of benzene rings is 1. The van der Waals surface area contributed by atoms with Crippen molar-refractivity contribution in [3.63, 3.8) is 0 Å². The van der Waals surface area contributed by atoms with E-state index in [4.69, 9.17) is 27.9 Å². The van der Waals surface area contributed by atoms with Gasteiger partial charge in [-0.3, -0.25) is 0 Å². The Hall–Kier alpha value is -1.25. The highest BCUT2D eigenvalue weighted by Gasteiger charge is 2.11. The van der Waals surface area contributed by atoms with Gasteiger partial charge in [0.1, 0.15) is 5.75 Å². The average Bonchev–Trinajstić information content (AvgIpc) is 2.40. The third-order valence-electron chi connectivity index (χ3n) is 3.18. The van der Waals surface area contributed by atoms with Crippen molar-refractivity contribution in [2.75, 3.05) is 0 Å². The summed E-state index contributed by atoms with van der Waals surface area (Å²) < 4.78 is 5.91. The predicted octanol–water partition coefficient (Wildman–Crippen LogP) is 5.45. The first kappa shape index (κ1) is 15.1. The Morgan fingerprint density at radius 1 is 1.20 bits per heavy atom. The van der Waals surface area contributed by atoms with E-state index >= 15 is 0 Å². The molecule has 0 unspecified atom stereocenters. The molecular formula is C16H17Cl2NO. The molecule has 0 spiro atoms. The lowest BCUT2D eigenvalue weighted by Crippen LogP contribution is -1.98. The Bertz CT molecular complexity index is 626. The molecule has 1 aromatic carbocycles. The molecule has 0 aliphatic rings. The maximum absolute atomic E-state index is 6.12. The molecule has 0 atom stereocenters. The van der Waals surface area contributed by atoms with E-state index in [2.05, 4.69) is 11.9 Å². The first-order chi connectivity index (χ1) is 9.55. The second kappa shape index (κ2) is 6.47.